The highest BCUT2D eigenvalue weighted by molar-refractivity contribution is 8.00. The number of piperazine rings is 1. The zero-order valence-electron chi connectivity index (χ0n) is 20.5. The number of rotatable bonds is 6. The molecule has 37 heavy (non-hydrogen) atoms. The molecule has 3 heterocycles. The van der Waals surface area contributed by atoms with Gasteiger partial charge in [0.1, 0.15) is 11.4 Å². The number of carbonyl (C=O) groups excluding carboxylic acids is 3. The van der Waals surface area contributed by atoms with Gasteiger partial charge in [-0.15, -0.1) is 0 Å². The highest BCUT2D eigenvalue weighted by atomic mass is 32.2. The van der Waals surface area contributed by atoms with Gasteiger partial charge < -0.3 is 20.4 Å². The molecule has 1 aromatic carbocycles. The summed E-state index contributed by atoms with van der Waals surface area (Å²) in [5.41, 5.74) is -5.33. The van der Waals surface area contributed by atoms with Crippen LogP contribution in [0.3, 0.4) is 0 Å². The summed E-state index contributed by atoms with van der Waals surface area (Å²) in [5.74, 6) is -0.362. The molecule has 2 aliphatic rings. The van der Waals surface area contributed by atoms with E-state index in [1.807, 2.05) is 7.05 Å². The van der Waals surface area contributed by atoms with E-state index in [4.69, 9.17) is 0 Å². The molecule has 2 unspecified atom stereocenters. The maximum absolute atomic E-state index is 13.6. The summed E-state index contributed by atoms with van der Waals surface area (Å²) in [6.45, 7) is 6.08. The van der Waals surface area contributed by atoms with Crippen LogP contribution >= 0.6 is 11.8 Å². The molecule has 9 nitrogen and oxygen atoms in total. The molecule has 2 aromatic rings. The Morgan fingerprint density at radius 2 is 1.78 bits per heavy atom. The summed E-state index contributed by atoms with van der Waals surface area (Å²) in [5, 5.41) is 5.48. The first-order valence-electron chi connectivity index (χ1n) is 11.6. The fourth-order valence-corrected chi connectivity index (χ4v) is 5.01. The van der Waals surface area contributed by atoms with Gasteiger partial charge in [0.15, 0.2) is 0 Å². The average molecular weight is 537 g/mol. The van der Waals surface area contributed by atoms with Crippen molar-refractivity contribution < 1.29 is 27.6 Å². The number of hydrogen-bond acceptors (Lipinski definition) is 7. The van der Waals surface area contributed by atoms with Gasteiger partial charge >= 0.3 is 11.5 Å². The number of benzene rings is 1. The number of nitrogens with one attached hydrogen (secondary N) is 2. The Kier molecular flexibility index (Phi) is 7.38. The van der Waals surface area contributed by atoms with Crippen molar-refractivity contribution in [3.63, 3.8) is 0 Å². The number of halogens is 3. The van der Waals surface area contributed by atoms with Gasteiger partial charge in [0.25, 0.3) is 5.91 Å². The second-order valence-corrected chi connectivity index (χ2v) is 10.3. The lowest BCUT2D eigenvalue weighted by molar-refractivity contribution is -0.124. The van der Waals surface area contributed by atoms with Crippen LogP contribution in [0.4, 0.5) is 29.5 Å². The van der Waals surface area contributed by atoms with Crippen molar-refractivity contribution in [2.75, 3.05) is 43.0 Å². The van der Waals surface area contributed by atoms with Gasteiger partial charge in [0.2, 0.25) is 5.91 Å². The van der Waals surface area contributed by atoms with Gasteiger partial charge in [-0.05, 0) is 67.7 Å². The van der Waals surface area contributed by atoms with Crippen molar-refractivity contribution in [2.24, 2.45) is 0 Å². The number of carbonyl (C=O) groups is 3. The number of thioether (sulfide) groups is 1. The monoisotopic (exact) mass is 536 g/mol. The van der Waals surface area contributed by atoms with Crippen LogP contribution < -0.4 is 20.4 Å². The molecule has 2 fully saturated rings. The molecule has 2 aliphatic heterocycles. The number of aromatic nitrogens is 1. The summed E-state index contributed by atoms with van der Waals surface area (Å²) in [4.78, 5) is 48.3. The average Bonchev–Trinajstić information content (AvgIpc) is 3.06. The summed E-state index contributed by atoms with van der Waals surface area (Å²) in [7, 11) is 2.04. The number of anilines is 2. The molecule has 13 heteroatoms. The van der Waals surface area contributed by atoms with E-state index in [0.717, 1.165) is 31.1 Å². The predicted molar refractivity (Wildman–Crippen MR) is 133 cm³/mol. The minimum atomic E-state index is -4.46. The van der Waals surface area contributed by atoms with Crippen molar-refractivity contribution in [2.45, 2.75) is 35.8 Å². The first-order valence-corrected chi connectivity index (χ1v) is 12.4. The van der Waals surface area contributed by atoms with Gasteiger partial charge in [-0.1, -0.05) is 0 Å². The Labute approximate surface area is 216 Å². The topological polar surface area (TPSA) is 97.9 Å². The number of nitrogens with zero attached hydrogens (tertiary/aromatic N) is 4. The first-order chi connectivity index (χ1) is 17.4. The number of pyridine rings is 1. The quantitative estimate of drug-likeness (QED) is 0.433. The molecular weight excluding hydrogens is 509 g/mol. The highest BCUT2D eigenvalue weighted by Crippen LogP contribution is 2.39. The lowest BCUT2D eigenvalue weighted by Crippen LogP contribution is -2.55. The Balaban J connectivity index is 1.63. The van der Waals surface area contributed by atoms with E-state index in [1.54, 1.807) is 18.3 Å². The van der Waals surface area contributed by atoms with Crippen LogP contribution in [0.1, 0.15) is 25.5 Å². The molecule has 2 atom stereocenters. The summed E-state index contributed by atoms with van der Waals surface area (Å²) in [6, 6.07) is 6.75. The minimum Gasteiger partial charge on any atom is -0.354 e. The largest absolute Gasteiger partial charge is 0.446 e. The maximum atomic E-state index is 13.6. The lowest BCUT2D eigenvalue weighted by Gasteiger charge is -2.35. The molecule has 0 saturated carbocycles. The predicted octanol–water partition coefficient (Wildman–Crippen LogP) is 3.14. The number of hydrogen-bond donors (Lipinski definition) is 2. The van der Waals surface area contributed by atoms with E-state index in [9.17, 15) is 27.6 Å². The SMILES string of the molecule is CC(=O)NC(c1ccnc(N2CCN(C)CC2)c1)C1(C)NC(=O)N(c2ccc(SC(F)(F)F)cc2)C1=O. The zero-order chi connectivity index (χ0) is 27.0. The molecule has 0 spiro atoms. The highest BCUT2D eigenvalue weighted by Gasteiger charge is 2.54. The van der Waals surface area contributed by atoms with Gasteiger partial charge in [-0.25, -0.2) is 14.7 Å². The molecular formula is C24H27F3N6O3S. The van der Waals surface area contributed by atoms with Gasteiger partial charge in [0, 0.05) is 44.2 Å². The van der Waals surface area contributed by atoms with Crippen LogP contribution in [0.25, 0.3) is 0 Å². The van der Waals surface area contributed by atoms with E-state index >= 15 is 0 Å². The smallest absolute Gasteiger partial charge is 0.354 e. The Morgan fingerprint density at radius 3 is 2.38 bits per heavy atom. The molecule has 4 rings (SSSR count). The Morgan fingerprint density at radius 1 is 1.14 bits per heavy atom. The van der Waals surface area contributed by atoms with Crippen molar-refractivity contribution >= 4 is 41.1 Å². The number of alkyl halides is 3. The molecule has 0 bridgehead atoms. The van der Waals surface area contributed by atoms with Crippen molar-refractivity contribution in [3.8, 4) is 0 Å². The van der Waals surface area contributed by atoms with Crippen LogP contribution in [-0.4, -0.2) is 72.0 Å². The molecule has 2 saturated heterocycles. The van der Waals surface area contributed by atoms with Crippen LogP contribution in [-0.2, 0) is 9.59 Å². The van der Waals surface area contributed by atoms with Gasteiger partial charge in [-0.2, -0.15) is 13.2 Å². The van der Waals surface area contributed by atoms with E-state index < -0.39 is 34.9 Å². The molecule has 4 amide bonds. The normalized spacial score (nSPS) is 21.7. The van der Waals surface area contributed by atoms with Crippen LogP contribution in [0.2, 0.25) is 0 Å². The van der Waals surface area contributed by atoms with Gasteiger partial charge in [0.05, 0.1) is 11.7 Å². The second-order valence-electron chi connectivity index (χ2n) is 9.19. The first kappa shape index (κ1) is 26.7. The van der Waals surface area contributed by atoms with Crippen molar-refractivity contribution in [3.05, 3.63) is 48.2 Å². The van der Waals surface area contributed by atoms with E-state index in [0.29, 0.717) is 11.4 Å². The number of urea groups is 1. The lowest BCUT2D eigenvalue weighted by atomic mass is 9.86. The molecule has 2 N–H and O–H groups in total. The Hall–Kier alpha value is -3.32. The second kappa shape index (κ2) is 10.2. The molecule has 0 radical (unpaired) electrons. The standard InChI is InChI=1S/C24H27F3N6O3S/c1-15(34)29-20(16-8-9-28-19(14-16)32-12-10-31(3)11-13-32)23(2)21(35)33(22(36)30-23)17-4-6-18(7-5-17)37-24(25,26)27/h4-9,14,20H,10-13H2,1-3H3,(H,29,34)(H,30,36). The summed E-state index contributed by atoms with van der Waals surface area (Å²) < 4.78 is 38.0. The summed E-state index contributed by atoms with van der Waals surface area (Å²) in [6.07, 6.45) is 1.59. The van der Waals surface area contributed by atoms with E-state index in [1.165, 1.54) is 38.1 Å². The van der Waals surface area contributed by atoms with Crippen LogP contribution in [0, 0.1) is 0 Å². The third-order valence-electron chi connectivity index (χ3n) is 6.40. The molecule has 198 valence electrons. The van der Waals surface area contributed by atoms with Crippen molar-refractivity contribution in [1.29, 1.82) is 0 Å². The number of amides is 4. The van der Waals surface area contributed by atoms with Crippen molar-refractivity contribution in [1.82, 2.24) is 20.5 Å². The van der Waals surface area contributed by atoms with E-state index in [-0.39, 0.29) is 22.3 Å². The fraction of sp³-hybridized carbons (Fsp3) is 0.417. The molecule has 1 aromatic heterocycles. The number of likely N-dealkylation sites (N-methyl/N-ethyl adjacent to an activating group) is 1. The maximum Gasteiger partial charge on any atom is 0.446 e. The third kappa shape index (κ3) is 5.82. The fourth-order valence-electron chi connectivity index (χ4n) is 4.47. The third-order valence-corrected chi connectivity index (χ3v) is 7.14. The van der Waals surface area contributed by atoms with Crippen LogP contribution in [0.5, 0.6) is 0 Å². The minimum absolute atomic E-state index is 0.0737. The van der Waals surface area contributed by atoms with E-state index in [2.05, 4.69) is 25.4 Å². The van der Waals surface area contributed by atoms with Crippen LogP contribution in [0.15, 0.2) is 47.5 Å². The molecule has 0 aliphatic carbocycles. The Bertz CT molecular complexity index is 1190. The van der Waals surface area contributed by atoms with Gasteiger partial charge in [-0.3, -0.25) is 9.59 Å². The summed E-state index contributed by atoms with van der Waals surface area (Å²) >= 11 is -0.289. The number of imide groups is 1. The zero-order valence-corrected chi connectivity index (χ0v) is 21.3.